The highest BCUT2D eigenvalue weighted by Crippen LogP contribution is 2.34. The number of likely N-dealkylation sites (tertiary alicyclic amines) is 1. The third-order valence-corrected chi connectivity index (χ3v) is 7.63. The number of Topliss-reactive ketones (excluding diaryl/α,β-unsaturated/α-hetero) is 1. The summed E-state index contributed by atoms with van der Waals surface area (Å²) in [5.41, 5.74) is 1.00. The van der Waals surface area contributed by atoms with E-state index in [0.29, 0.717) is 43.1 Å². The Labute approximate surface area is 223 Å². The molecule has 0 radical (unpaired) electrons. The Hall–Kier alpha value is -3.32. The number of nitriles is 1. The maximum absolute atomic E-state index is 15.0. The Bertz CT molecular complexity index is 1210. The fourth-order valence-electron chi connectivity index (χ4n) is 5.69. The molecule has 2 aromatic heterocycles. The minimum atomic E-state index is -1.26. The molecule has 2 aliphatic heterocycles. The van der Waals surface area contributed by atoms with E-state index < -0.39 is 23.7 Å². The monoisotopic (exact) mass is 524 g/mol. The van der Waals surface area contributed by atoms with Crippen LogP contribution in [0.3, 0.4) is 0 Å². The number of carbonyl (C=O) groups excluding carboxylic acids is 2. The number of amides is 2. The smallest absolute Gasteiger partial charge is 0.317 e. The van der Waals surface area contributed by atoms with Crippen LogP contribution in [0.25, 0.3) is 10.9 Å². The summed E-state index contributed by atoms with van der Waals surface area (Å²) < 4.78 is 15.0. The van der Waals surface area contributed by atoms with Crippen molar-refractivity contribution < 1.29 is 19.1 Å². The molecule has 38 heavy (non-hydrogen) atoms. The molecule has 4 atom stereocenters. The molecule has 2 fully saturated rings. The Morgan fingerprint density at radius 2 is 2.05 bits per heavy atom. The summed E-state index contributed by atoms with van der Waals surface area (Å²) >= 11 is 0. The standard InChI is InChI=1S/C28H37FN6O3/c1-18-9-19(15-35(14-18)25-13-32-24(12-30)26-22(25)5-4-7-31-26)10-21(37)11-20-6-8-34(16-23(20)29)27(38)33-28(2,3)17-36/h4-5,7,13,18-20,23,36H,6,8-11,14-17H2,1-3H3,(H,33,38)/t18-,19-,20?,23?/m0/s1. The topological polar surface area (TPSA) is 122 Å². The van der Waals surface area contributed by atoms with E-state index in [1.54, 1.807) is 26.2 Å². The molecule has 9 nitrogen and oxygen atoms in total. The number of piperidine rings is 2. The van der Waals surface area contributed by atoms with Crippen molar-refractivity contribution in [3.05, 3.63) is 30.2 Å². The van der Waals surface area contributed by atoms with Gasteiger partial charge in [-0.05, 0) is 50.7 Å². The number of fused-ring (bicyclic) bond motifs is 1. The first-order valence-corrected chi connectivity index (χ1v) is 13.3. The van der Waals surface area contributed by atoms with Crippen LogP contribution >= 0.6 is 0 Å². The number of ketones is 1. The lowest BCUT2D eigenvalue weighted by atomic mass is 9.83. The number of urea groups is 1. The highest BCUT2D eigenvalue weighted by molar-refractivity contribution is 5.93. The van der Waals surface area contributed by atoms with Gasteiger partial charge in [-0.3, -0.25) is 9.78 Å². The zero-order valence-electron chi connectivity index (χ0n) is 22.4. The number of carbonyl (C=O) groups is 2. The molecule has 0 aliphatic carbocycles. The summed E-state index contributed by atoms with van der Waals surface area (Å²) in [5, 5.41) is 22.4. The lowest BCUT2D eigenvalue weighted by Crippen LogP contribution is -2.55. The molecular formula is C28H37FN6O3. The molecule has 0 aromatic carbocycles. The van der Waals surface area contributed by atoms with Gasteiger partial charge in [-0.1, -0.05) is 6.92 Å². The zero-order chi connectivity index (χ0) is 27.4. The van der Waals surface area contributed by atoms with Crippen molar-refractivity contribution in [3.8, 4) is 6.07 Å². The lowest BCUT2D eigenvalue weighted by molar-refractivity contribution is -0.122. The Kier molecular flexibility index (Phi) is 8.46. The number of hydrogen-bond acceptors (Lipinski definition) is 7. The first-order chi connectivity index (χ1) is 18.1. The fourth-order valence-corrected chi connectivity index (χ4v) is 5.69. The number of aliphatic hydroxyl groups is 1. The van der Waals surface area contributed by atoms with E-state index in [4.69, 9.17) is 0 Å². The second kappa shape index (κ2) is 11.6. The number of anilines is 1. The first-order valence-electron chi connectivity index (χ1n) is 13.3. The molecule has 4 heterocycles. The summed E-state index contributed by atoms with van der Waals surface area (Å²) in [6.07, 6.45) is 4.02. The summed E-state index contributed by atoms with van der Waals surface area (Å²) in [6.45, 7) is 7.20. The van der Waals surface area contributed by atoms with Crippen molar-refractivity contribution in [2.45, 2.75) is 58.2 Å². The number of hydrogen-bond donors (Lipinski definition) is 2. The molecule has 0 bridgehead atoms. The summed E-state index contributed by atoms with van der Waals surface area (Å²) in [4.78, 5) is 37.8. The van der Waals surface area contributed by atoms with E-state index in [-0.39, 0.29) is 31.3 Å². The molecule has 2 aliphatic rings. The van der Waals surface area contributed by atoms with Crippen LogP contribution in [-0.4, -0.2) is 76.3 Å². The zero-order valence-corrected chi connectivity index (χ0v) is 22.4. The minimum Gasteiger partial charge on any atom is -0.394 e. The molecule has 10 heteroatoms. The van der Waals surface area contributed by atoms with Crippen LogP contribution in [0.4, 0.5) is 14.9 Å². The van der Waals surface area contributed by atoms with Crippen molar-refractivity contribution >= 4 is 28.4 Å². The Morgan fingerprint density at radius 1 is 1.26 bits per heavy atom. The van der Waals surface area contributed by atoms with Gasteiger partial charge >= 0.3 is 6.03 Å². The third kappa shape index (κ3) is 6.38. The van der Waals surface area contributed by atoms with E-state index in [1.165, 1.54) is 4.90 Å². The van der Waals surface area contributed by atoms with Gasteiger partial charge in [0.25, 0.3) is 0 Å². The van der Waals surface area contributed by atoms with E-state index in [0.717, 1.165) is 24.0 Å². The van der Waals surface area contributed by atoms with Gasteiger partial charge < -0.3 is 20.2 Å². The first kappa shape index (κ1) is 27.7. The molecule has 0 spiro atoms. The van der Waals surface area contributed by atoms with E-state index in [1.807, 2.05) is 12.1 Å². The van der Waals surface area contributed by atoms with E-state index >= 15 is 4.39 Å². The van der Waals surface area contributed by atoms with Crippen LogP contribution < -0.4 is 10.2 Å². The van der Waals surface area contributed by atoms with Crippen molar-refractivity contribution in [1.29, 1.82) is 5.26 Å². The minimum absolute atomic E-state index is 0.0493. The number of pyridine rings is 2. The van der Waals surface area contributed by atoms with Crippen LogP contribution in [0.15, 0.2) is 24.5 Å². The number of aromatic nitrogens is 2. The van der Waals surface area contributed by atoms with E-state index in [9.17, 15) is 20.0 Å². The second-order valence-corrected chi connectivity index (χ2v) is 11.5. The summed E-state index contributed by atoms with van der Waals surface area (Å²) in [5.74, 6) is 0.161. The number of alkyl halides is 1. The molecule has 2 N–H and O–H groups in total. The maximum Gasteiger partial charge on any atom is 0.317 e. The number of aliphatic hydroxyl groups excluding tert-OH is 1. The summed E-state index contributed by atoms with van der Waals surface area (Å²) in [6, 6.07) is 5.50. The predicted molar refractivity (Wildman–Crippen MR) is 142 cm³/mol. The quantitative estimate of drug-likeness (QED) is 0.569. The predicted octanol–water partition coefficient (Wildman–Crippen LogP) is 3.45. The molecule has 2 amide bonds. The number of rotatable bonds is 7. The highest BCUT2D eigenvalue weighted by Gasteiger charge is 2.35. The number of nitrogens with one attached hydrogen (secondary N) is 1. The molecule has 2 saturated heterocycles. The third-order valence-electron chi connectivity index (χ3n) is 7.63. The lowest BCUT2D eigenvalue weighted by Gasteiger charge is -2.39. The van der Waals surface area contributed by atoms with Crippen molar-refractivity contribution in [2.75, 3.05) is 37.7 Å². The second-order valence-electron chi connectivity index (χ2n) is 11.5. The molecule has 2 aromatic rings. The average molecular weight is 525 g/mol. The SMILES string of the molecule is C[C@H]1C[C@@H](CC(=O)CC2CCN(C(=O)NC(C)(C)CO)CC2F)CN(c2cnc(C#N)c3ncccc23)C1. The van der Waals surface area contributed by atoms with Crippen molar-refractivity contribution in [2.24, 2.45) is 17.8 Å². The van der Waals surface area contributed by atoms with Gasteiger partial charge in [0, 0.05) is 50.0 Å². The van der Waals surface area contributed by atoms with Gasteiger partial charge in [0.05, 0.1) is 30.6 Å². The molecule has 204 valence electrons. The largest absolute Gasteiger partial charge is 0.394 e. The van der Waals surface area contributed by atoms with Gasteiger partial charge in [0.15, 0.2) is 5.69 Å². The van der Waals surface area contributed by atoms with Gasteiger partial charge in [-0.2, -0.15) is 5.26 Å². The molecular weight excluding hydrogens is 487 g/mol. The summed E-state index contributed by atoms with van der Waals surface area (Å²) in [7, 11) is 0. The van der Waals surface area contributed by atoms with Crippen molar-refractivity contribution in [1.82, 2.24) is 20.2 Å². The molecule has 4 rings (SSSR count). The number of nitrogens with zero attached hydrogens (tertiary/aromatic N) is 5. The van der Waals surface area contributed by atoms with Crippen LogP contribution in [0.5, 0.6) is 0 Å². The Balaban J connectivity index is 1.35. The van der Waals surface area contributed by atoms with Crippen LogP contribution in [-0.2, 0) is 4.79 Å². The average Bonchev–Trinajstić information content (AvgIpc) is 2.88. The van der Waals surface area contributed by atoms with Crippen LogP contribution in [0.2, 0.25) is 0 Å². The fraction of sp³-hybridized carbons (Fsp3) is 0.607. The van der Waals surface area contributed by atoms with Crippen LogP contribution in [0.1, 0.15) is 52.1 Å². The molecule has 0 saturated carbocycles. The van der Waals surface area contributed by atoms with Gasteiger partial charge in [-0.15, -0.1) is 0 Å². The van der Waals surface area contributed by atoms with Gasteiger partial charge in [0.2, 0.25) is 0 Å². The normalized spacial score (nSPS) is 24.2. The van der Waals surface area contributed by atoms with E-state index in [2.05, 4.69) is 33.2 Å². The van der Waals surface area contributed by atoms with Gasteiger partial charge in [-0.25, -0.2) is 14.2 Å². The van der Waals surface area contributed by atoms with Crippen molar-refractivity contribution in [3.63, 3.8) is 0 Å². The highest BCUT2D eigenvalue weighted by atomic mass is 19.1. The molecule has 2 unspecified atom stereocenters. The van der Waals surface area contributed by atoms with Gasteiger partial charge in [0.1, 0.15) is 23.5 Å². The number of halogens is 1. The maximum atomic E-state index is 15.0. The van der Waals surface area contributed by atoms with Crippen LogP contribution in [0, 0.1) is 29.1 Å². The Morgan fingerprint density at radius 3 is 2.76 bits per heavy atom.